The zero-order valence-electron chi connectivity index (χ0n) is 12.0. The average molecular weight is 257 g/mol. The number of aryl methyl sites for hydroxylation is 1. The van der Waals surface area contributed by atoms with Crippen LogP contribution >= 0.6 is 0 Å². The fraction of sp³-hybridized carbons (Fsp3) is 0.562. The molecule has 2 aromatic rings. The summed E-state index contributed by atoms with van der Waals surface area (Å²) in [5, 5.41) is 0. The monoisotopic (exact) mass is 257 g/mol. The van der Waals surface area contributed by atoms with Crippen LogP contribution in [0, 0.1) is 6.92 Å². The third kappa shape index (κ3) is 2.52. The Kier molecular flexibility index (Phi) is 3.56. The van der Waals surface area contributed by atoms with Gasteiger partial charge in [-0.05, 0) is 57.5 Å². The first-order chi connectivity index (χ1) is 9.28. The molecular weight excluding hydrogens is 234 g/mol. The van der Waals surface area contributed by atoms with Crippen molar-refractivity contribution in [2.75, 3.05) is 19.6 Å². The van der Waals surface area contributed by atoms with Gasteiger partial charge in [-0.2, -0.15) is 0 Å². The largest absolute Gasteiger partial charge is 0.307 e. The number of imidazole rings is 1. The maximum atomic E-state index is 4.85. The predicted octanol–water partition coefficient (Wildman–Crippen LogP) is 3.23. The molecule has 0 amide bonds. The second kappa shape index (κ2) is 5.33. The van der Waals surface area contributed by atoms with Crippen molar-refractivity contribution < 1.29 is 0 Å². The zero-order valence-corrected chi connectivity index (χ0v) is 12.0. The number of hydrogen-bond donors (Lipinski definition) is 0. The van der Waals surface area contributed by atoms with Gasteiger partial charge in [-0.25, -0.2) is 4.98 Å². The molecule has 3 heteroatoms. The number of rotatable bonds is 3. The minimum Gasteiger partial charge on any atom is -0.307 e. The summed E-state index contributed by atoms with van der Waals surface area (Å²) in [6.45, 7) is 8.10. The highest BCUT2D eigenvalue weighted by molar-refractivity contribution is 5.48. The van der Waals surface area contributed by atoms with E-state index < -0.39 is 0 Å². The molecule has 0 aliphatic carbocycles. The Bertz CT molecular complexity index is 550. The first-order valence-electron chi connectivity index (χ1n) is 7.44. The minimum absolute atomic E-state index is 0.646. The zero-order chi connectivity index (χ0) is 13.2. The van der Waals surface area contributed by atoms with Crippen molar-refractivity contribution in [3.63, 3.8) is 0 Å². The van der Waals surface area contributed by atoms with Crippen molar-refractivity contribution in [2.24, 2.45) is 0 Å². The van der Waals surface area contributed by atoms with E-state index in [9.17, 15) is 0 Å². The lowest BCUT2D eigenvalue weighted by Crippen LogP contribution is -2.33. The van der Waals surface area contributed by atoms with Gasteiger partial charge in [0, 0.05) is 18.3 Å². The number of piperidine rings is 1. The fourth-order valence-electron chi connectivity index (χ4n) is 3.14. The highest BCUT2D eigenvalue weighted by Gasteiger charge is 2.22. The lowest BCUT2D eigenvalue weighted by molar-refractivity contribution is 0.211. The van der Waals surface area contributed by atoms with Crippen molar-refractivity contribution in [2.45, 2.75) is 39.0 Å². The van der Waals surface area contributed by atoms with E-state index in [1.54, 1.807) is 0 Å². The smallest absolute Gasteiger partial charge is 0.139 e. The molecule has 0 saturated carbocycles. The van der Waals surface area contributed by atoms with E-state index in [1.165, 1.54) is 50.2 Å². The highest BCUT2D eigenvalue weighted by atomic mass is 15.1. The average Bonchev–Trinajstić information content (AvgIpc) is 2.85. The maximum Gasteiger partial charge on any atom is 0.139 e. The number of likely N-dealkylation sites (tertiary alicyclic amines) is 1. The SMILES string of the molecule is CCCN1CCC(c2cn3cccc(C)c3n2)CC1. The lowest BCUT2D eigenvalue weighted by atomic mass is 9.94. The van der Waals surface area contributed by atoms with Gasteiger partial charge in [0.05, 0.1) is 5.69 Å². The summed E-state index contributed by atoms with van der Waals surface area (Å²) in [6.07, 6.45) is 8.09. The van der Waals surface area contributed by atoms with Gasteiger partial charge in [0.1, 0.15) is 5.65 Å². The molecule has 0 bridgehead atoms. The van der Waals surface area contributed by atoms with E-state index in [0.717, 1.165) is 5.65 Å². The van der Waals surface area contributed by atoms with Gasteiger partial charge in [-0.15, -0.1) is 0 Å². The molecule has 3 rings (SSSR count). The third-order valence-corrected chi connectivity index (χ3v) is 4.24. The summed E-state index contributed by atoms with van der Waals surface area (Å²) in [5.41, 5.74) is 3.66. The molecule has 0 atom stereocenters. The Hall–Kier alpha value is -1.35. The van der Waals surface area contributed by atoms with E-state index in [-0.39, 0.29) is 0 Å². The van der Waals surface area contributed by atoms with Crippen LogP contribution in [0.1, 0.15) is 43.4 Å². The topological polar surface area (TPSA) is 20.5 Å². The van der Waals surface area contributed by atoms with Gasteiger partial charge in [-0.1, -0.05) is 13.0 Å². The van der Waals surface area contributed by atoms with Crippen LogP contribution in [0.4, 0.5) is 0 Å². The van der Waals surface area contributed by atoms with Gasteiger partial charge in [0.25, 0.3) is 0 Å². The Balaban J connectivity index is 1.77. The van der Waals surface area contributed by atoms with Gasteiger partial charge >= 0.3 is 0 Å². The minimum atomic E-state index is 0.646. The number of aromatic nitrogens is 2. The quantitative estimate of drug-likeness (QED) is 0.841. The van der Waals surface area contributed by atoms with Crippen LogP contribution in [0.15, 0.2) is 24.5 Å². The first kappa shape index (κ1) is 12.7. The fourth-order valence-corrected chi connectivity index (χ4v) is 3.14. The summed E-state index contributed by atoms with van der Waals surface area (Å²) in [4.78, 5) is 7.43. The van der Waals surface area contributed by atoms with E-state index in [0.29, 0.717) is 5.92 Å². The summed E-state index contributed by atoms with van der Waals surface area (Å²) in [5.74, 6) is 0.646. The van der Waals surface area contributed by atoms with Gasteiger partial charge in [-0.3, -0.25) is 0 Å². The molecular formula is C16H23N3. The summed E-state index contributed by atoms with van der Waals surface area (Å²) < 4.78 is 2.17. The van der Waals surface area contributed by atoms with Crippen LogP contribution in [0.3, 0.4) is 0 Å². The predicted molar refractivity (Wildman–Crippen MR) is 78.6 cm³/mol. The van der Waals surface area contributed by atoms with Crippen LogP contribution in [0.5, 0.6) is 0 Å². The van der Waals surface area contributed by atoms with Crippen molar-refractivity contribution >= 4 is 5.65 Å². The van der Waals surface area contributed by atoms with Gasteiger partial charge < -0.3 is 9.30 Å². The normalized spacial score (nSPS) is 18.2. The molecule has 0 aromatic carbocycles. The van der Waals surface area contributed by atoms with E-state index in [2.05, 4.69) is 47.7 Å². The van der Waals surface area contributed by atoms with E-state index >= 15 is 0 Å². The molecule has 1 fully saturated rings. The van der Waals surface area contributed by atoms with Crippen LogP contribution in [0.2, 0.25) is 0 Å². The molecule has 102 valence electrons. The molecule has 1 aliphatic heterocycles. The number of nitrogens with zero attached hydrogens (tertiary/aromatic N) is 3. The van der Waals surface area contributed by atoms with Crippen LogP contribution in [-0.2, 0) is 0 Å². The van der Waals surface area contributed by atoms with E-state index in [4.69, 9.17) is 4.98 Å². The molecule has 0 N–H and O–H groups in total. The van der Waals surface area contributed by atoms with Crippen LogP contribution < -0.4 is 0 Å². The number of hydrogen-bond acceptors (Lipinski definition) is 2. The first-order valence-corrected chi connectivity index (χ1v) is 7.44. The molecule has 2 aromatic heterocycles. The Morgan fingerprint density at radius 3 is 2.79 bits per heavy atom. The van der Waals surface area contributed by atoms with Gasteiger partial charge in [0.2, 0.25) is 0 Å². The van der Waals surface area contributed by atoms with Crippen LogP contribution in [-0.4, -0.2) is 33.9 Å². The van der Waals surface area contributed by atoms with Crippen LogP contribution in [0.25, 0.3) is 5.65 Å². The molecule has 0 unspecified atom stereocenters. The molecule has 0 spiro atoms. The summed E-state index contributed by atoms with van der Waals surface area (Å²) in [7, 11) is 0. The molecule has 1 saturated heterocycles. The van der Waals surface area contributed by atoms with E-state index in [1.807, 2.05) is 0 Å². The lowest BCUT2D eigenvalue weighted by Gasteiger charge is -2.30. The van der Waals surface area contributed by atoms with Crippen molar-refractivity contribution in [3.05, 3.63) is 35.8 Å². The maximum absolute atomic E-state index is 4.85. The van der Waals surface area contributed by atoms with Gasteiger partial charge in [0.15, 0.2) is 0 Å². The van der Waals surface area contributed by atoms with Crippen molar-refractivity contribution in [3.8, 4) is 0 Å². The molecule has 0 radical (unpaired) electrons. The molecule has 19 heavy (non-hydrogen) atoms. The molecule has 3 nitrogen and oxygen atoms in total. The molecule has 3 heterocycles. The van der Waals surface area contributed by atoms with Crippen molar-refractivity contribution in [1.82, 2.24) is 14.3 Å². The van der Waals surface area contributed by atoms with Crippen molar-refractivity contribution in [1.29, 1.82) is 0 Å². The Morgan fingerprint density at radius 1 is 1.32 bits per heavy atom. The second-order valence-corrected chi connectivity index (χ2v) is 5.70. The second-order valence-electron chi connectivity index (χ2n) is 5.70. The Labute approximate surface area is 115 Å². The number of fused-ring (bicyclic) bond motifs is 1. The third-order valence-electron chi connectivity index (χ3n) is 4.24. The standard InChI is InChI=1S/C16H23N3/c1-3-8-18-10-6-14(7-11-18)15-12-19-9-4-5-13(2)16(19)17-15/h4-5,9,12,14H,3,6-8,10-11H2,1-2H3. The Morgan fingerprint density at radius 2 is 2.11 bits per heavy atom. The molecule has 1 aliphatic rings. The summed E-state index contributed by atoms with van der Waals surface area (Å²) in [6, 6.07) is 4.23. The highest BCUT2D eigenvalue weighted by Crippen LogP contribution is 2.28. The summed E-state index contributed by atoms with van der Waals surface area (Å²) >= 11 is 0. The number of pyridine rings is 1.